The summed E-state index contributed by atoms with van der Waals surface area (Å²) in [6.45, 7) is 10.4. The molecular formula is C43H48N6O7. The molecule has 1 aliphatic rings. The maximum absolute atomic E-state index is 13.4. The molecule has 0 bridgehead atoms. The number of carbonyl (C=O) groups excluding carboxylic acids is 3. The third-order valence-electron chi connectivity index (χ3n) is 9.49. The Bertz CT molecular complexity index is 2230. The van der Waals surface area contributed by atoms with Crippen molar-refractivity contribution in [2.45, 2.75) is 32.6 Å². The molecule has 1 aliphatic heterocycles. The number of hydrogen-bond acceptors (Lipinski definition) is 9. The molecule has 0 radical (unpaired) electrons. The SMILES string of the molecule is COc1cc(Cc2cc(Oc3ccc(NC(=O)Nc4cc(C(C)(C)C)cc(C(N)=O)c4OC)c4ccccc34)ccn2)cc(C(=O)NCCN2CCOCC2)c1. The number of hydrogen-bond donors (Lipinski definition) is 4. The first-order valence-corrected chi connectivity index (χ1v) is 18.4. The van der Waals surface area contributed by atoms with Crippen LogP contribution in [-0.2, 0) is 16.6 Å². The first-order valence-electron chi connectivity index (χ1n) is 18.4. The summed E-state index contributed by atoms with van der Waals surface area (Å²) in [6, 6.07) is 23.2. The van der Waals surface area contributed by atoms with E-state index in [0.29, 0.717) is 60.4 Å². The highest BCUT2D eigenvalue weighted by Crippen LogP contribution is 2.37. The Labute approximate surface area is 326 Å². The number of aromatic nitrogens is 1. The lowest BCUT2D eigenvalue weighted by Crippen LogP contribution is -2.41. The summed E-state index contributed by atoms with van der Waals surface area (Å²) in [5.41, 5.74) is 9.29. The second-order valence-corrected chi connectivity index (χ2v) is 14.5. The second-order valence-electron chi connectivity index (χ2n) is 14.5. The Morgan fingerprint density at radius 3 is 2.32 bits per heavy atom. The number of urea groups is 1. The van der Waals surface area contributed by atoms with Crippen molar-refractivity contribution in [1.82, 2.24) is 15.2 Å². The van der Waals surface area contributed by atoms with Gasteiger partial charge in [0.2, 0.25) is 0 Å². The van der Waals surface area contributed by atoms with Crippen molar-refractivity contribution < 1.29 is 33.3 Å². The van der Waals surface area contributed by atoms with Gasteiger partial charge in [-0.05, 0) is 65.1 Å². The Kier molecular flexibility index (Phi) is 12.4. The highest BCUT2D eigenvalue weighted by molar-refractivity contribution is 6.09. The smallest absolute Gasteiger partial charge is 0.323 e. The Hall–Kier alpha value is -6.18. The van der Waals surface area contributed by atoms with Crippen LogP contribution >= 0.6 is 0 Å². The van der Waals surface area contributed by atoms with E-state index in [1.165, 1.54) is 7.11 Å². The number of morpholine rings is 1. The minimum atomic E-state index is -0.663. The number of nitrogens with two attached hydrogens (primary N) is 1. The van der Waals surface area contributed by atoms with Crippen molar-refractivity contribution in [3.05, 3.63) is 113 Å². The summed E-state index contributed by atoms with van der Waals surface area (Å²) in [4.78, 5) is 45.7. The van der Waals surface area contributed by atoms with Crippen molar-refractivity contribution >= 4 is 40.0 Å². The highest BCUT2D eigenvalue weighted by atomic mass is 16.5. The molecule has 1 aromatic heterocycles. The van der Waals surface area contributed by atoms with Crippen LogP contribution in [-0.4, -0.2) is 81.3 Å². The average Bonchev–Trinajstić information content (AvgIpc) is 3.18. The van der Waals surface area contributed by atoms with Gasteiger partial charge in [0.25, 0.3) is 11.8 Å². The average molecular weight is 761 g/mol. The molecule has 4 amide bonds. The molecule has 4 aromatic carbocycles. The topological polar surface area (TPSA) is 166 Å². The highest BCUT2D eigenvalue weighted by Gasteiger charge is 2.23. The third-order valence-corrected chi connectivity index (χ3v) is 9.49. The normalized spacial score (nSPS) is 13.2. The molecule has 13 heteroatoms. The molecule has 0 unspecified atom stereocenters. The van der Waals surface area contributed by atoms with Gasteiger partial charge in [0.1, 0.15) is 17.2 Å². The van der Waals surface area contributed by atoms with Crippen molar-refractivity contribution in [1.29, 1.82) is 0 Å². The van der Waals surface area contributed by atoms with Gasteiger partial charge in [-0.3, -0.25) is 19.5 Å². The number of amides is 4. The van der Waals surface area contributed by atoms with E-state index in [1.54, 1.807) is 49.7 Å². The van der Waals surface area contributed by atoms with Crippen LogP contribution in [0.15, 0.2) is 85.1 Å². The molecule has 5 aromatic rings. The predicted octanol–water partition coefficient (Wildman–Crippen LogP) is 6.74. The van der Waals surface area contributed by atoms with Crippen molar-refractivity contribution in [3.63, 3.8) is 0 Å². The molecule has 1 saturated heterocycles. The molecule has 0 atom stereocenters. The second kappa shape index (κ2) is 17.5. The molecule has 0 spiro atoms. The zero-order chi connectivity index (χ0) is 39.8. The molecule has 292 valence electrons. The van der Waals surface area contributed by atoms with E-state index in [-0.39, 0.29) is 22.6 Å². The number of pyridine rings is 1. The molecule has 6 rings (SSSR count). The molecule has 0 saturated carbocycles. The summed E-state index contributed by atoms with van der Waals surface area (Å²) >= 11 is 0. The van der Waals surface area contributed by atoms with E-state index < -0.39 is 11.9 Å². The number of ether oxygens (including phenoxy) is 4. The van der Waals surface area contributed by atoms with Crippen LogP contribution in [0.3, 0.4) is 0 Å². The van der Waals surface area contributed by atoms with Crippen molar-refractivity contribution in [2.75, 3.05) is 64.2 Å². The van der Waals surface area contributed by atoms with E-state index >= 15 is 0 Å². The van der Waals surface area contributed by atoms with E-state index in [0.717, 1.165) is 47.2 Å². The minimum absolute atomic E-state index is 0.169. The summed E-state index contributed by atoms with van der Waals surface area (Å²) in [5, 5.41) is 10.3. The van der Waals surface area contributed by atoms with Gasteiger partial charge in [-0.25, -0.2) is 4.79 Å². The largest absolute Gasteiger partial charge is 0.497 e. The zero-order valence-corrected chi connectivity index (χ0v) is 32.4. The van der Waals surface area contributed by atoms with Crippen LogP contribution in [0, 0.1) is 0 Å². The van der Waals surface area contributed by atoms with Gasteiger partial charge in [0.15, 0.2) is 5.75 Å². The van der Waals surface area contributed by atoms with Crippen LogP contribution < -0.4 is 35.9 Å². The number of primary amides is 1. The van der Waals surface area contributed by atoms with Gasteiger partial charge < -0.3 is 40.6 Å². The fraction of sp³-hybridized carbons (Fsp3) is 0.302. The molecule has 13 nitrogen and oxygen atoms in total. The lowest BCUT2D eigenvalue weighted by Gasteiger charge is -2.26. The molecule has 1 fully saturated rings. The number of nitrogens with zero attached hydrogens (tertiary/aromatic N) is 2. The monoisotopic (exact) mass is 760 g/mol. The summed E-state index contributed by atoms with van der Waals surface area (Å²) in [7, 11) is 3.00. The minimum Gasteiger partial charge on any atom is -0.497 e. The number of fused-ring (bicyclic) bond motifs is 1. The van der Waals surface area contributed by atoms with Crippen LogP contribution in [0.2, 0.25) is 0 Å². The van der Waals surface area contributed by atoms with Crippen molar-refractivity contribution in [2.24, 2.45) is 5.73 Å². The predicted molar refractivity (Wildman–Crippen MR) is 217 cm³/mol. The molecular weight excluding hydrogens is 713 g/mol. The van der Waals surface area contributed by atoms with Gasteiger partial charge in [-0.2, -0.15) is 0 Å². The van der Waals surface area contributed by atoms with Crippen LogP contribution in [0.4, 0.5) is 16.2 Å². The van der Waals surface area contributed by atoms with E-state index in [2.05, 4.69) is 25.8 Å². The molecule has 0 aliphatic carbocycles. The van der Waals surface area contributed by atoms with Gasteiger partial charge in [0.05, 0.1) is 44.4 Å². The standard InChI is InChI=1S/C43H48N6O7/c1-43(2,3)29-24-35(40(44)50)39(54-5)37(25-29)48-42(52)47-36-10-11-38(34-9-7-6-8-33(34)36)56-31-12-13-45-30(26-31)21-27-20-28(23-32(22-27)53-4)41(51)46-14-15-49-16-18-55-19-17-49/h6-13,20,22-26H,14-19,21H2,1-5H3,(H2,44,50)(H,46,51)(H2,47,48,52). The maximum Gasteiger partial charge on any atom is 0.323 e. The number of nitrogens with one attached hydrogen (secondary N) is 3. The summed E-state index contributed by atoms with van der Waals surface area (Å²) in [5.74, 6) is 1.07. The van der Waals surface area contributed by atoms with E-state index in [4.69, 9.17) is 24.7 Å². The number of methoxy groups -OCH3 is 2. The van der Waals surface area contributed by atoms with Gasteiger partial charge in [-0.1, -0.05) is 45.0 Å². The fourth-order valence-corrected chi connectivity index (χ4v) is 6.52. The quantitative estimate of drug-likeness (QED) is 0.102. The van der Waals surface area contributed by atoms with Gasteiger partial charge >= 0.3 is 6.03 Å². The van der Waals surface area contributed by atoms with E-state index in [1.807, 2.05) is 63.2 Å². The van der Waals surface area contributed by atoms with E-state index in [9.17, 15) is 14.4 Å². The maximum atomic E-state index is 13.4. The van der Waals surface area contributed by atoms with Crippen LogP contribution in [0.5, 0.6) is 23.0 Å². The molecule has 2 heterocycles. The number of benzene rings is 4. The summed E-state index contributed by atoms with van der Waals surface area (Å²) < 4.78 is 22.9. The Morgan fingerprint density at radius 1 is 0.857 bits per heavy atom. The third kappa shape index (κ3) is 9.73. The van der Waals surface area contributed by atoms with Crippen molar-refractivity contribution in [3.8, 4) is 23.0 Å². The fourth-order valence-electron chi connectivity index (χ4n) is 6.52. The summed E-state index contributed by atoms with van der Waals surface area (Å²) in [6.07, 6.45) is 2.12. The zero-order valence-electron chi connectivity index (χ0n) is 32.4. The van der Waals surface area contributed by atoms with Crippen LogP contribution in [0.25, 0.3) is 10.8 Å². The van der Waals surface area contributed by atoms with Gasteiger partial charge in [-0.15, -0.1) is 0 Å². The number of carbonyl (C=O) groups is 3. The Balaban J connectivity index is 1.16. The number of rotatable bonds is 13. The number of anilines is 2. The van der Waals surface area contributed by atoms with Gasteiger partial charge in [0, 0.05) is 66.9 Å². The molecule has 56 heavy (non-hydrogen) atoms. The van der Waals surface area contributed by atoms with Crippen LogP contribution in [0.1, 0.15) is 58.3 Å². The lowest BCUT2D eigenvalue weighted by atomic mass is 9.85. The lowest BCUT2D eigenvalue weighted by molar-refractivity contribution is 0.0383. The molecule has 5 N–H and O–H groups in total. The first kappa shape index (κ1) is 39.5. The first-order chi connectivity index (χ1) is 26.9. The Morgan fingerprint density at radius 2 is 1.61 bits per heavy atom.